The fraction of sp³-hybridized carbons (Fsp3) is 0.303. The molecule has 13 heteroatoms. The van der Waals surface area contributed by atoms with Gasteiger partial charge in [0.25, 0.3) is 0 Å². The van der Waals surface area contributed by atoms with Crippen molar-refractivity contribution in [3.05, 3.63) is 81.6 Å². The first-order valence-electron chi connectivity index (χ1n) is 14.7. The topological polar surface area (TPSA) is 154 Å². The molecule has 4 aromatic rings. The van der Waals surface area contributed by atoms with E-state index in [1.54, 1.807) is 24.3 Å². The van der Waals surface area contributed by atoms with Crippen LogP contribution >= 0.6 is 34.7 Å². The van der Waals surface area contributed by atoms with E-state index in [1.165, 1.54) is 23.1 Å². The van der Waals surface area contributed by atoms with E-state index < -0.39 is 12.0 Å². The van der Waals surface area contributed by atoms with Crippen molar-refractivity contribution in [3.8, 4) is 33.5 Å². The van der Waals surface area contributed by atoms with Gasteiger partial charge in [0.15, 0.2) is 0 Å². The van der Waals surface area contributed by atoms with Crippen LogP contribution in [0.2, 0.25) is 5.02 Å². The zero-order chi connectivity index (χ0) is 32.9. The second-order valence-corrected chi connectivity index (χ2v) is 12.3. The molecule has 0 aliphatic heterocycles. The summed E-state index contributed by atoms with van der Waals surface area (Å²) in [6.07, 6.45) is 1.95. The second kappa shape index (κ2) is 17.5. The lowest BCUT2D eigenvalue weighted by atomic mass is 9.99. The van der Waals surface area contributed by atoms with Crippen LogP contribution in [-0.4, -0.2) is 48.3 Å². The van der Waals surface area contributed by atoms with Gasteiger partial charge in [0.1, 0.15) is 46.9 Å². The number of anilines is 1. The number of thioether (sulfide) groups is 1. The average Bonchev–Trinajstić information content (AvgIpc) is 3.56. The normalized spacial score (nSPS) is 11.3. The number of carbonyl (C=O) groups is 1. The zero-order valence-corrected chi connectivity index (χ0v) is 27.7. The minimum Gasteiger partial charge on any atom is -0.490 e. The Morgan fingerprint density at radius 2 is 1.91 bits per heavy atom. The quantitative estimate of drug-likeness (QED) is 0.0487. The van der Waals surface area contributed by atoms with Crippen LogP contribution in [0.3, 0.4) is 0 Å². The highest BCUT2D eigenvalue weighted by Crippen LogP contribution is 2.43. The number of halogens is 1. The molecular formula is C33H34ClN7O3S2. The van der Waals surface area contributed by atoms with Gasteiger partial charge in [-0.25, -0.2) is 14.8 Å². The molecule has 10 nitrogen and oxygen atoms in total. The minimum absolute atomic E-state index is 0.0505. The number of rotatable bonds is 16. The molecule has 0 saturated heterocycles. The number of nitriles is 1. The number of aromatic nitrogens is 2. The number of benzene rings is 2. The van der Waals surface area contributed by atoms with Gasteiger partial charge in [-0.3, -0.25) is 4.79 Å². The Labute approximate surface area is 281 Å². The van der Waals surface area contributed by atoms with Crippen LogP contribution in [0, 0.1) is 17.9 Å². The number of carbonyl (C=O) groups excluding carboxylic acids is 1. The van der Waals surface area contributed by atoms with Gasteiger partial charge in [-0.1, -0.05) is 54.6 Å². The first-order valence-corrected chi connectivity index (χ1v) is 16.9. The van der Waals surface area contributed by atoms with E-state index in [1.807, 2.05) is 36.6 Å². The van der Waals surface area contributed by atoms with Gasteiger partial charge in [0.05, 0.1) is 17.8 Å². The van der Waals surface area contributed by atoms with E-state index in [-0.39, 0.29) is 18.9 Å². The average molecular weight is 676 g/mol. The van der Waals surface area contributed by atoms with Gasteiger partial charge < -0.3 is 26.3 Å². The van der Waals surface area contributed by atoms with Crippen molar-refractivity contribution in [2.75, 3.05) is 31.6 Å². The third-order valence-electron chi connectivity index (χ3n) is 6.67. The minimum atomic E-state index is -0.706. The van der Waals surface area contributed by atoms with E-state index in [2.05, 4.69) is 16.2 Å². The van der Waals surface area contributed by atoms with Gasteiger partial charge in [0, 0.05) is 33.8 Å². The first-order chi connectivity index (χ1) is 22.4. The molecule has 0 fully saturated rings. The molecule has 2 aromatic carbocycles. The maximum atomic E-state index is 12.0. The summed E-state index contributed by atoms with van der Waals surface area (Å²) in [5, 5.41) is 17.6. The molecule has 2 aromatic heterocycles. The van der Waals surface area contributed by atoms with E-state index in [0.29, 0.717) is 70.0 Å². The molecule has 0 bridgehead atoms. The van der Waals surface area contributed by atoms with Gasteiger partial charge in [-0.05, 0) is 55.6 Å². The lowest BCUT2D eigenvalue weighted by molar-refractivity contribution is -0.146. The summed E-state index contributed by atoms with van der Waals surface area (Å²) in [7, 11) is 0. The highest BCUT2D eigenvalue weighted by Gasteiger charge is 2.22. The van der Waals surface area contributed by atoms with Crippen LogP contribution in [-0.2, 0) is 15.3 Å². The van der Waals surface area contributed by atoms with E-state index in [9.17, 15) is 10.1 Å². The molecule has 4 rings (SSSR count). The Morgan fingerprint density at radius 3 is 2.59 bits per heavy atom. The third-order valence-corrected chi connectivity index (χ3v) is 8.87. The van der Waals surface area contributed by atoms with Gasteiger partial charge >= 0.3 is 5.97 Å². The zero-order valence-electron chi connectivity index (χ0n) is 25.3. The van der Waals surface area contributed by atoms with Crippen LogP contribution in [0.1, 0.15) is 37.4 Å². The molecule has 0 amide bonds. The number of esters is 1. The molecule has 0 aliphatic carbocycles. The largest absolute Gasteiger partial charge is 0.490 e. The molecule has 0 saturated carbocycles. The number of hydrogen-bond donors (Lipinski definition) is 3. The SMILES string of the molecule is [C-]#[N+]c1c(NCCC)nc(SCc2csc(-c3ccc(Cl)cc3)n2)c(C#N)c1-c1ccc(OCCOC(=O)[C@@H](N)CCCN)cc1. The summed E-state index contributed by atoms with van der Waals surface area (Å²) in [6, 6.07) is 16.2. The number of ether oxygens (including phenoxy) is 2. The Balaban J connectivity index is 1.52. The van der Waals surface area contributed by atoms with Gasteiger partial charge in [0.2, 0.25) is 5.69 Å². The van der Waals surface area contributed by atoms with Crippen molar-refractivity contribution >= 4 is 52.2 Å². The smallest absolute Gasteiger partial charge is 0.323 e. The van der Waals surface area contributed by atoms with E-state index in [4.69, 9.17) is 49.1 Å². The summed E-state index contributed by atoms with van der Waals surface area (Å²) in [6.45, 7) is 11.3. The van der Waals surface area contributed by atoms with Crippen LogP contribution in [0.4, 0.5) is 11.5 Å². The molecule has 1 atom stereocenters. The summed E-state index contributed by atoms with van der Waals surface area (Å²) in [5.41, 5.74) is 14.9. The molecule has 238 valence electrons. The second-order valence-electron chi connectivity index (χ2n) is 10.0. The Kier molecular flexibility index (Phi) is 13.2. The predicted molar refractivity (Wildman–Crippen MR) is 184 cm³/mol. The van der Waals surface area contributed by atoms with Crippen LogP contribution in [0.25, 0.3) is 26.5 Å². The van der Waals surface area contributed by atoms with Crippen LogP contribution < -0.4 is 21.5 Å². The molecule has 0 aliphatic rings. The number of thiazole rings is 1. The Hall–Kier alpha value is -4.17. The number of hydrogen-bond acceptors (Lipinski definition) is 11. The maximum absolute atomic E-state index is 12.0. The van der Waals surface area contributed by atoms with Crippen molar-refractivity contribution in [1.29, 1.82) is 5.26 Å². The van der Waals surface area contributed by atoms with Gasteiger partial charge in [-0.15, -0.1) is 11.3 Å². The standard InChI is InChI=1S/C33H34ClN7O3S2/c1-3-15-39-30-29(38-2)28(21-8-12-25(13-9-21)43-16-17-44-33(42)27(37)5-4-14-35)26(18-36)32(41-30)46-20-24-19-45-31(40-24)22-6-10-23(34)11-7-22/h6-13,19,27H,3-5,14-17,20,35,37H2,1H3,(H,39,41)/t27-/m0/s1. The van der Waals surface area contributed by atoms with Crippen molar-refractivity contribution in [1.82, 2.24) is 9.97 Å². The summed E-state index contributed by atoms with van der Waals surface area (Å²) < 4.78 is 10.9. The first kappa shape index (κ1) is 34.7. The molecular weight excluding hydrogens is 642 g/mol. The monoisotopic (exact) mass is 675 g/mol. The van der Waals surface area contributed by atoms with Crippen molar-refractivity contribution in [2.45, 2.75) is 43.0 Å². The summed E-state index contributed by atoms with van der Waals surface area (Å²) >= 11 is 8.97. The summed E-state index contributed by atoms with van der Waals surface area (Å²) in [4.78, 5) is 25.3. The number of pyridine rings is 1. The lowest BCUT2D eigenvalue weighted by Gasteiger charge is -2.16. The van der Waals surface area contributed by atoms with Crippen molar-refractivity contribution < 1.29 is 14.3 Å². The fourth-order valence-electron chi connectivity index (χ4n) is 4.34. The molecule has 46 heavy (non-hydrogen) atoms. The van der Waals surface area contributed by atoms with Crippen molar-refractivity contribution in [2.24, 2.45) is 11.5 Å². The molecule has 0 unspecified atom stereocenters. The Bertz CT molecular complexity index is 1700. The van der Waals surface area contributed by atoms with Crippen LogP contribution in [0.15, 0.2) is 58.9 Å². The molecule has 0 radical (unpaired) electrons. The van der Waals surface area contributed by atoms with Crippen LogP contribution in [0.5, 0.6) is 5.75 Å². The summed E-state index contributed by atoms with van der Waals surface area (Å²) in [5.74, 6) is 0.979. The highest BCUT2D eigenvalue weighted by molar-refractivity contribution is 7.98. The lowest BCUT2D eigenvalue weighted by Crippen LogP contribution is -2.33. The molecule has 0 spiro atoms. The molecule has 5 N–H and O–H groups in total. The maximum Gasteiger partial charge on any atom is 0.323 e. The molecule has 2 heterocycles. The number of nitrogens with two attached hydrogens (primary N) is 2. The highest BCUT2D eigenvalue weighted by atomic mass is 35.5. The van der Waals surface area contributed by atoms with E-state index in [0.717, 1.165) is 22.7 Å². The third kappa shape index (κ3) is 9.19. The number of nitrogens with zero attached hydrogens (tertiary/aromatic N) is 4. The van der Waals surface area contributed by atoms with E-state index >= 15 is 0 Å². The van der Waals surface area contributed by atoms with Gasteiger partial charge in [-0.2, -0.15) is 5.26 Å². The predicted octanol–water partition coefficient (Wildman–Crippen LogP) is 7.05. The fourth-order valence-corrected chi connectivity index (χ4v) is 6.28. The van der Waals surface area contributed by atoms with Crippen molar-refractivity contribution in [3.63, 3.8) is 0 Å². The Morgan fingerprint density at radius 1 is 1.17 bits per heavy atom. The number of nitrogens with one attached hydrogen (secondary N) is 1.